The normalized spacial score (nSPS) is 15.0. The van der Waals surface area contributed by atoms with Gasteiger partial charge in [0.05, 0.1) is 0 Å². The number of carbonyl (C=O) groups excluding carboxylic acids is 1. The Labute approximate surface area is 138 Å². The van der Waals surface area contributed by atoms with Gasteiger partial charge in [0.2, 0.25) is 5.95 Å². The maximum Gasteiger partial charge on any atom is 0.254 e. The highest BCUT2D eigenvalue weighted by molar-refractivity contribution is 5.97. The van der Waals surface area contributed by atoms with Crippen LogP contribution in [0.15, 0.2) is 41.1 Å². The molecule has 0 aliphatic carbocycles. The van der Waals surface area contributed by atoms with E-state index in [-0.39, 0.29) is 5.91 Å². The molecule has 7 nitrogen and oxygen atoms in total. The molecule has 0 saturated carbocycles. The van der Waals surface area contributed by atoms with E-state index in [9.17, 15) is 4.79 Å². The summed E-state index contributed by atoms with van der Waals surface area (Å²) in [6, 6.07) is 7.20. The lowest BCUT2D eigenvalue weighted by molar-refractivity contribution is 0.0746. The van der Waals surface area contributed by atoms with Crippen molar-refractivity contribution in [1.29, 1.82) is 0 Å². The topological polar surface area (TPSA) is 75.4 Å². The van der Waals surface area contributed by atoms with Gasteiger partial charge in [0.1, 0.15) is 5.52 Å². The summed E-state index contributed by atoms with van der Waals surface area (Å²) in [5, 5.41) is 0. The van der Waals surface area contributed by atoms with Crippen molar-refractivity contribution in [3.8, 4) is 0 Å². The van der Waals surface area contributed by atoms with Crippen LogP contribution in [0.2, 0.25) is 0 Å². The van der Waals surface area contributed by atoms with Gasteiger partial charge in [0, 0.05) is 51.1 Å². The second-order valence-corrected chi connectivity index (χ2v) is 5.74. The molecule has 122 valence electrons. The Bertz CT molecular complexity index is 869. The monoisotopic (exact) mass is 323 g/mol. The standard InChI is InChI=1S/C17H17N5O2/c1-12-20-14-4-3-13(11-15(14)24-12)16(23)21-7-9-22(10-8-21)17-18-5-2-6-19-17/h2-6,11H,7-10H2,1H3. The molecule has 1 fully saturated rings. The van der Waals surface area contributed by atoms with Crippen LogP contribution >= 0.6 is 0 Å². The first-order chi connectivity index (χ1) is 11.7. The number of benzene rings is 1. The molecular weight excluding hydrogens is 306 g/mol. The highest BCUT2D eigenvalue weighted by atomic mass is 16.3. The molecule has 0 spiro atoms. The van der Waals surface area contributed by atoms with Crippen LogP contribution < -0.4 is 4.90 Å². The van der Waals surface area contributed by atoms with Gasteiger partial charge in [-0.15, -0.1) is 0 Å². The molecule has 3 aromatic rings. The SMILES string of the molecule is Cc1nc2ccc(C(=O)N3CCN(c4ncccn4)CC3)cc2o1. The number of carbonyl (C=O) groups is 1. The number of nitrogens with zero attached hydrogens (tertiary/aromatic N) is 5. The number of anilines is 1. The molecule has 0 unspecified atom stereocenters. The van der Waals surface area contributed by atoms with E-state index in [1.165, 1.54) is 0 Å². The predicted octanol–water partition coefficient (Wildman–Crippen LogP) is 1.89. The van der Waals surface area contributed by atoms with Gasteiger partial charge in [-0.2, -0.15) is 0 Å². The van der Waals surface area contributed by atoms with Crippen LogP contribution in [0.1, 0.15) is 16.2 Å². The molecule has 1 saturated heterocycles. The zero-order valence-corrected chi connectivity index (χ0v) is 13.3. The van der Waals surface area contributed by atoms with Crippen molar-refractivity contribution in [2.24, 2.45) is 0 Å². The van der Waals surface area contributed by atoms with Gasteiger partial charge in [-0.3, -0.25) is 4.79 Å². The zero-order valence-electron chi connectivity index (χ0n) is 13.3. The number of rotatable bonds is 2. The third-order valence-electron chi connectivity index (χ3n) is 4.14. The molecule has 1 aliphatic heterocycles. The van der Waals surface area contributed by atoms with Crippen molar-refractivity contribution < 1.29 is 9.21 Å². The molecule has 0 N–H and O–H groups in total. The minimum absolute atomic E-state index is 0.0135. The van der Waals surface area contributed by atoms with Crippen LogP contribution in [0, 0.1) is 6.92 Å². The summed E-state index contributed by atoms with van der Waals surface area (Å²) in [5.41, 5.74) is 2.05. The number of aryl methyl sites for hydroxylation is 1. The molecule has 0 radical (unpaired) electrons. The Morgan fingerprint density at radius 1 is 1.12 bits per heavy atom. The summed E-state index contributed by atoms with van der Waals surface area (Å²) in [5.74, 6) is 1.33. The number of piperazine rings is 1. The quantitative estimate of drug-likeness (QED) is 0.717. The fraction of sp³-hybridized carbons (Fsp3) is 0.294. The van der Waals surface area contributed by atoms with Gasteiger partial charge in [-0.1, -0.05) is 0 Å². The number of amides is 1. The summed E-state index contributed by atoms with van der Waals surface area (Å²) < 4.78 is 5.51. The third kappa shape index (κ3) is 2.68. The molecule has 4 rings (SSSR count). The van der Waals surface area contributed by atoms with Crippen molar-refractivity contribution >= 4 is 23.0 Å². The fourth-order valence-corrected chi connectivity index (χ4v) is 2.92. The van der Waals surface area contributed by atoms with Crippen molar-refractivity contribution in [3.63, 3.8) is 0 Å². The van der Waals surface area contributed by atoms with E-state index in [4.69, 9.17) is 4.42 Å². The van der Waals surface area contributed by atoms with E-state index >= 15 is 0 Å². The molecule has 1 amide bonds. The van der Waals surface area contributed by atoms with Crippen LogP contribution in [0.25, 0.3) is 11.1 Å². The molecule has 0 atom stereocenters. The lowest BCUT2D eigenvalue weighted by Crippen LogP contribution is -2.49. The van der Waals surface area contributed by atoms with E-state index in [1.54, 1.807) is 37.5 Å². The van der Waals surface area contributed by atoms with Crippen molar-refractivity contribution in [2.75, 3.05) is 31.1 Å². The number of hydrogen-bond acceptors (Lipinski definition) is 6. The van der Waals surface area contributed by atoms with Crippen LogP contribution in [0.4, 0.5) is 5.95 Å². The fourth-order valence-electron chi connectivity index (χ4n) is 2.92. The van der Waals surface area contributed by atoms with Crippen LogP contribution in [-0.4, -0.2) is 51.9 Å². The first-order valence-corrected chi connectivity index (χ1v) is 7.89. The minimum Gasteiger partial charge on any atom is -0.441 e. The predicted molar refractivity (Wildman–Crippen MR) is 88.9 cm³/mol. The van der Waals surface area contributed by atoms with E-state index in [0.29, 0.717) is 36.1 Å². The molecule has 0 bridgehead atoms. The Balaban J connectivity index is 1.47. The minimum atomic E-state index is 0.0135. The van der Waals surface area contributed by atoms with Gasteiger partial charge in [-0.25, -0.2) is 15.0 Å². The number of hydrogen-bond donors (Lipinski definition) is 0. The average Bonchev–Trinajstić information content (AvgIpc) is 3.01. The second-order valence-electron chi connectivity index (χ2n) is 5.74. The maximum atomic E-state index is 12.7. The molecule has 2 aromatic heterocycles. The largest absolute Gasteiger partial charge is 0.441 e. The highest BCUT2D eigenvalue weighted by Gasteiger charge is 2.23. The van der Waals surface area contributed by atoms with E-state index in [2.05, 4.69) is 19.9 Å². The van der Waals surface area contributed by atoms with E-state index in [0.717, 1.165) is 18.6 Å². The molecule has 3 heterocycles. The average molecular weight is 323 g/mol. The molecule has 1 aliphatic rings. The summed E-state index contributed by atoms with van der Waals surface area (Å²) in [6.45, 7) is 4.53. The number of fused-ring (bicyclic) bond motifs is 1. The summed E-state index contributed by atoms with van der Waals surface area (Å²) in [6.07, 6.45) is 3.46. The first kappa shape index (κ1) is 14.6. The van der Waals surface area contributed by atoms with Crippen LogP contribution in [0.5, 0.6) is 0 Å². The summed E-state index contributed by atoms with van der Waals surface area (Å²) in [4.78, 5) is 29.4. The third-order valence-corrected chi connectivity index (χ3v) is 4.14. The van der Waals surface area contributed by atoms with Gasteiger partial charge < -0.3 is 14.2 Å². The van der Waals surface area contributed by atoms with Crippen molar-refractivity contribution in [1.82, 2.24) is 19.9 Å². The first-order valence-electron chi connectivity index (χ1n) is 7.89. The lowest BCUT2D eigenvalue weighted by atomic mass is 10.1. The molecular formula is C17H17N5O2. The number of oxazole rings is 1. The van der Waals surface area contributed by atoms with Gasteiger partial charge in [0.25, 0.3) is 5.91 Å². The smallest absolute Gasteiger partial charge is 0.254 e. The van der Waals surface area contributed by atoms with E-state index in [1.807, 2.05) is 11.0 Å². The second kappa shape index (κ2) is 5.92. The van der Waals surface area contributed by atoms with Crippen molar-refractivity contribution in [2.45, 2.75) is 6.92 Å². The molecule has 1 aromatic carbocycles. The maximum absolute atomic E-state index is 12.7. The Kier molecular flexibility index (Phi) is 3.60. The lowest BCUT2D eigenvalue weighted by Gasteiger charge is -2.34. The van der Waals surface area contributed by atoms with Gasteiger partial charge in [0.15, 0.2) is 11.5 Å². The Hall–Kier alpha value is -2.96. The Morgan fingerprint density at radius 2 is 1.88 bits per heavy atom. The zero-order chi connectivity index (χ0) is 16.5. The Morgan fingerprint density at radius 3 is 2.62 bits per heavy atom. The number of aromatic nitrogens is 3. The van der Waals surface area contributed by atoms with E-state index < -0.39 is 0 Å². The summed E-state index contributed by atoms with van der Waals surface area (Å²) in [7, 11) is 0. The van der Waals surface area contributed by atoms with Gasteiger partial charge in [-0.05, 0) is 24.3 Å². The van der Waals surface area contributed by atoms with Crippen LogP contribution in [0.3, 0.4) is 0 Å². The summed E-state index contributed by atoms with van der Waals surface area (Å²) >= 11 is 0. The molecule has 24 heavy (non-hydrogen) atoms. The molecule has 7 heteroatoms. The van der Waals surface area contributed by atoms with Crippen molar-refractivity contribution in [3.05, 3.63) is 48.1 Å². The van der Waals surface area contributed by atoms with Crippen LogP contribution in [-0.2, 0) is 0 Å². The highest BCUT2D eigenvalue weighted by Crippen LogP contribution is 2.19. The van der Waals surface area contributed by atoms with Gasteiger partial charge >= 0.3 is 0 Å².